The average molecular weight is 470 g/mol. The molecular formula is C33H43NO. The number of rotatable bonds is 10. The van der Waals surface area contributed by atoms with Crippen molar-refractivity contribution in [2.45, 2.75) is 59.3 Å². The lowest BCUT2D eigenvalue weighted by molar-refractivity contribution is 0.420. The van der Waals surface area contributed by atoms with Gasteiger partial charge in [-0.2, -0.15) is 0 Å². The second-order valence-corrected chi connectivity index (χ2v) is 9.46. The Kier molecular flexibility index (Phi) is 11.9. The molecule has 0 aliphatic heterocycles. The lowest BCUT2D eigenvalue weighted by Gasteiger charge is -2.13. The minimum atomic E-state index is 0.398. The van der Waals surface area contributed by atoms with E-state index in [1.54, 1.807) is 6.08 Å². The standard InChI is InChI=1S/C20H29N.C13H14O/c1-7-16(4)20(15(2)3)13-12-18-8-10-19(11-9-18)14-17(5)21-6;14-13-8-6-12(7-9-13)10-11-4-2-1-3-5-11/h8-11,21H,4-5,7,12-14H2,1-3,6H3;1-6,8-9,12,14H,7,10H2. The van der Waals surface area contributed by atoms with Gasteiger partial charge in [0.05, 0.1) is 0 Å². The van der Waals surface area contributed by atoms with Gasteiger partial charge in [0.15, 0.2) is 0 Å². The van der Waals surface area contributed by atoms with E-state index in [1.165, 1.54) is 33.4 Å². The van der Waals surface area contributed by atoms with Crippen molar-refractivity contribution in [3.05, 3.63) is 131 Å². The van der Waals surface area contributed by atoms with Crippen molar-refractivity contribution in [2.75, 3.05) is 7.05 Å². The SMILES string of the molecule is C=C(Cc1ccc(CCC(C(=C)CC)=C(C)C)cc1)NC.OC1=CCC(Cc2ccccc2)C=C1. The molecule has 1 aliphatic rings. The third kappa shape index (κ3) is 10.3. The molecule has 0 amide bonds. The first-order valence-corrected chi connectivity index (χ1v) is 12.7. The summed E-state index contributed by atoms with van der Waals surface area (Å²) in [6.45, 7) is 14.7. The molecule has 35 heavy (non-hydrogen) atoms. The van der Waals surface area contributed by atoms with E-state index >= 15 is 0 Å². The maximum atomic E-state index is 9.17. The van der Waals surface area contributed by atoms with Crippen LogP contribution < -0.4 is 5.32 Å². The van der Waals surface area contributed by atoms with Crippen LogP contribution >= 0.6 is 0 Å². The van der Waals surface area contributed by atoms with Gasteiger partial charge in [0, 0.05) is 19.2 Å². The fourth-order valence-corrected chi connectivity index (χ4v) is 4.14. The molecule has 0 aromatic heterocycles. The van der Waals surface area contributed by atoms with Crippen molar-refractivity contribution < 1.29 is 5.11 Å². The van der Waals surface area contributed by atoms with E-state index in [0.717, 1.165) is 44.2 Å². The number of aliphatic hydroxyl groups is 1. The van der Waals surface area contributed by atoms with Crippen LogP contribution in [0, 0.1) is 5.92 Å². The molecule has 1 aliphatic carbocycles. The van der Waals surface area contributed by atoms with Crippen molar-refractivity contribution in [2.24, 2.45) is 5.92 Å². The Morgan fingerprint density at radius 1 is 0.971 bits per heavy atom. The molecule has 0 radical (unpaired) electrons. The number of hydrogen-bond acceptors (Lipinski definition) is 2. The van der Waals surface area contributed by atoms with Gasteiger partial charge in [-0.25, -0.2) is 0 Å². The number of nitrogens with one attached hydrogen (secondary N) is 1. The van der Waals surface area contributed by atoms with Gasteiger partial charge in [0.25, 0.3) is 0 Å². The van der Waals surface area contributed by atoms with Crippen molar-refractivity contribution in [3.63, 3.8) is 0 Å². The number of aryl methyl sites for hydroxylation is 1. The maximum Gasteiger partial charge on any atom is 0.111 e. The summed E-state index contributed by atoms with van der Waals surface area (Å²) in [6.07, 6.45) is 11.8. The highest BCUT2D eigenvalue weighted by Gasteiger charge is 2.08. The molecule has 0 bridgehead atoms. The molecule has 2 heteroatoms. The van der Waals surface area contributed by atoms with E-state index in [9.17, 15) is 0 Å². The Morgan fingerprint density at radius 3 is 2.17 bits per heavy atom. The van der Waals surface area contributed by atoms with Crippen molar-refractivity contribution >= 4 is 0 Å². The van der Waals surface area contributed by atoms with Crippen LogP contribution in [-0.4, -0.2) is 12.2 Å². The molecular weight excluding hydrogens is 426 g/mol. The monoisotopic (exact) mass is 469 g/mol. The normalized spacial score (nSPS) is 14.3. The van der Waals surface area contributed by atoms with Crippen LogP contribution in [-0.2, 0) is 19.3 Å². The highest BCUT2D eigenvalue weighted by molar-refractivity contribution is 5.33. The van der Waals surface area contributed by atoms with Gasteiger partial charge in [-0.3, -0.25) is 0 Å². The second-order valence-electron chi connectivity index (χ2n) is 9.46. The molecule has 2 nitrogen and oxygen atoms in total. The van der Waals surface area contributed by atoms with Crippen LogP contribution in [0.3, 0.4) is 0 Å². The van der Waals surface area contributed by atoms with Crippen LogP contribution in [0.4, 0.5) is 0 Å². The van der Waals surface area contributed by atoms with Crippen molar-refractivity contribution in [1.82, 2.24) is 5.32 Å². The molecule has 186 valence electrons. The molecule has 0 heterocycles. The lowest BCUT2D eigenvalue weighted by atomic mass is 9.93. The van der Waals surface area contributed by atoms with E-state index in [4.69, 9.17) is 5.11 Å². The van der Waals surface area contributed by atoms with Crippen LogP contribution in [0.1, 0.15) is 56.7 Å². The summed E-state index contributed by atoms with van der Waals surface area (Å²) >= 11 is 0. The molecule has 1 unspecified atom stereocenters. The molecule has 2 aromatic rings. The summed E-state index contributed by atoms with van der Waals surface area (Å²) in [5.74, 6) is 0.933. The molecule has 0 fully saturated rings. The lowest BCUT2D eigenvalue weighted by Crippen LogP contribution is -2.06. The number of aliphatic hydroxyl groups excluding tert-OH is 1. The first-order chi connectivity index (χ1) is 16.8. The zero-order valence-corrected chi connectivity index (χ0v) is 22.1. The Labute approximate surface area is 213 Å². The van der Waals surface area contributed by atoms with E-state index < -0.39 is 0 Å². The predicted molar refractivity (Wildman–Crippen MR) is 153 cm³/mol. The Balaban J connectivity index is 0.000000266. The van der Waals surface area contributed by atoms with Gasteiger partial charge < -0.3 is 10.4 Å². The van der Waals surface area contributed by atoms with Crippen molar-refractivity contribution in [3.8, 4) is 0 Å². The quantitative estimate of drug-likeness (QED) is 0.342. The van der Waals surface area contributed by atoms with Crippen LogP contribution in [0.25, 0.3) is 0 Å². The van der Waals surface area contributed by atoms with Crippen molar-refractivity contribution in [1.29, 1.82) is 0 Å². The Morgan fingerprint density at radius 2 is 1.63 bits per heavy atom. The van der Waals surface area contributed by atoms with E-state index in [1.807, 2.05) is 19.2 Å². The second kappa shape index (κ2) is 14.9. The maximum absolute atomic E-state index is 9.17. The zero-order chi connectivity index (χ0) is 25.6. The summed E-state index contributed by atoms with van der Waals surface area (Å²) in [4.78, 5) is 0. The first kappa shape index (κ1) is 28.0. The number of likely N-dealkylation sites (N-methyl/N-ethyl adjacent to an activating group) is 1. The van der Waals surface area contributed by atoms with Crippen LogP contribution in [0.15, 0.2) is 114 Å². The molecule has 2 N–H and O–H groups in total. The predicted octanol–water partition coefficient (Wildman–Crippen LogP) is 8.44. The number of benzene rings is 2. The third-order valence-corrected chi connectivity index (χ3v) is 6.42. The fourth-order valence-electron chi connectivity index (χ4n) is 4.14. The minimum absolute atomic E-state index is 0.398. The van der Waals surface area contributed by atoms with E-state index in [2.05, 4.69) is 93.9 Å². The van der Waals surface area contributed by atoms with Gasteiger partial charge >= 0.3 is 0 Å². The molecule has 0 saturated heterocycles. The summed E-state index contributed by atoms with van der Waals surface area (Å²) < 4.78 is 0. The van der Waals surface area contributed by atoms with E-state index in [0.29, 0.717) is 11.7 Å². The largest absolute Gasteiger partial charge is 0.508 e. The average Bonchev–Trinajstić information content (AvgIpc) is 2.87. The summed E-state index contributed by atoms with van der Waals surface area (Å²) in [7, 11) is 1.91. The molecule has 2 aromatic carbocycles. The van der Waals surface area contributed by atoms with Crippen LogP contribution in [0.5, 0.6) is 0 Å². The van der Waals surface area contributed by atoms with Gasteiger partial charge in [0.1, 0.15) is 5.76 Å². The molecule has 3 rings (SSSR count). The molecule has 1 atom stereocenters. The highest BCUT2D eigenvalue weighted by Crippen LogP contribution is 2.22. The fraction of sp³-hybridized carbons (Fsp3) is 0.333. The minimum Gasteiger partial charge on any atom is -0.508 e. The topological polar surface area (TPSA) is 32.3 Å². The zero-order valence-electron chi connectivity index (χ0n) is 22.1. The number of allylic oxidation sites excluding steroid dienone is 7. The number of hydrogen-bond donors (Lipinski definition) is 2. The molecule has 0 saturated carbocycles. The summed E-state index contributed by atoms with van der Waals surface area (Å²) in [5.41, 5.74) is 9.20. The van der Waals surface area contributed by atoms with E-state index in [-0.39, 0.29) is 0 Å². The third-order valence-electron chi connectivity index (χ3n) is 6.42. The van der Waals surface area contributed by atoms with Gasteiger partial charge in [-0.05, 0) is 86.3 Å². The van der Waals surface area contributed by atoms with Gasteiger partial charge in [-0.15, -0.1) is 0 Å². The van der Waals surface area contributed by atoms with Crippen LogP contribution in [0.2, 0.25) is 0 Å². The highest BCUT2D eigenvalue weighted by atomic mass is 16.3. The summed E-state index contributed by atoms with van der Waals surface area (Å²) in [6, 6.07) is 19.3. The Hall–Kier alpha value is -3.26. The Bertz CT molecular complexity index is 1030. The van der Waals surface area contributed by atoms with Gasteiger partial charge in [-0.1, -0.05) is 91.9 Å². The smallest absolute Gasteiger partial charge is 0.111 e. The summed E-state index contributed by atoms with van der Waals surface area (Å²) in [5, 5.41) is 12.3. The first-order valence-electron chi connectivity index (χ1n) is 12.7. The van der Waals surface area contributed by atoms with Gasteiger partial charge in [0.2, 0.25) is 0 Å². The molecule has 0 spiro atoms.